The molecule has 29 heteroatoms. The van der Waals surface area contributed by atoms with Gasteiger partial charge in [-0.1, -0.05) is 0 Å². The number of hydrogen-bond donors (Lipinski definition) is 7. The first kappa shape index (κ1) is 57.2. The van der Waals surface area contributed by atoms with E-state index in [1.165, 1.54) is 30.3 Å². The number of aliphatic imine (C=N–C) groups is 2. The number of guanidine groups is 2. The lowest BCUT2D eigenvalue weighted by Crippen LogP contribution is -2.33. The first-order chi connectivity index (χ1) is 32.9. The van der Waals surface area contributed by atoms with E-state index in [0.717, 1.165) is 6.07 Å². The Balaban J connectivity index is 0.000000303. The molecular weight excluding hydrogens is 1160 g/mol. The predicted molar refractivity (Wildman–Crippen MR) is 253 cm³/mol. The van der Waals surface area contributed by atoms with Gasteiger partial charge in [-0.3, -0.25) is 53.1 Å². The Morgan fingerprint density at radius 1 is 0.529 bits per heavy atom. The fourth-order valence-corrected chi connectivity index (χ4v) is 7.26. The molecule has 27 nitrogen and oxygen atoms in total. The van der Waals surface area contributed by atoms with Crippen molar-refractivity contribution in [1.82, 2.24) is 15.2 Å². The highest BCUT2D eigenvalue weighted by Crippen LogP contribution is 2.23. The zero-order chi connectivity index (χ0) is 52.4. The second kappa shape index (κ2) is 27.1. The SMILES string of the molecule is NC(N)=NCCC[C@H](CC(=O)c1cc(I)cc(C(=O)ON2C(=O)CCC2=O)c1)C(=O)O.NC(N)=NCCC[C@H](N)C(=O)O.O=C(ON1C(=O)CCC1=O)c1cc(I)cc(C(=O)ON2C(=O)CCC2=O)c1. The van der Waals surface area contributed by atoms with Gasteiger partial charge in [0.1, 0.15) is 6.04 Å². The Morgan fingerprint density at radius 2 is 0.843 bits per heavy atom. The van der Waals surface area contributed by atoms with Crippen molar-refractivity contribution in [2.75, 3.05) is 13.1 Å². The van der Waals surface area contributed by atoms with Gasteiger partial charge in [0.25, 0.3) is 35.4 Å². The highest BCUT2D eigenvalue weighted by Gasteiger charge is 2.36. The number of carboxylic acids is 2. The molecule has 70 heavy (non-hydrogen) atoms. The zero-order valence-electron chi connectivity index (χ0n) is 36.7. The van der Waals surface area contributed by atoms with Crippen LogP contribution in [-0.4, -0.2) is 128 Å². The van der Waals surface area contributed by atoms with Gasteiger partial charge in [0, 0.05) is 70.7 Å². The fraction of sp³-hybridized carbons (Fsp3) is 0.366. The summed E-state index contributed by atoms with van der Waals surface area (Å²) in [6, 6.07) is 7.21. The maximum Gasteiger partial charge on any atom is 0.363 e. The van der Waals surface area contributed by atoms with Crippen LogP contribution in [0.1, 0.15) is 112 Å². The molecule has 2 aromatic rings. The van der Waals surface area contributed by atoms with Gasteiger partial charge in [0.05, 0.1) is 22.6 Å². The Morgan fingerprint density at radius 3 is 1.16 bits per heavy atom. The van der Waals surface area contributed by atoms with Crippen molar-refractivity contribution in [2.24, 2.45) is 44.6 Å². The summed E-state index contributed by atoms with van der Waals surface area (Å²) < 4.78 is 0.973. The highest BCUT2D eigenvalue weighted by atomic mass is 127. The highest BCUT2D eigenvalue weighted by molar-refractivity contribution is 14.1. The summed E-state index contributed by atoms with van der Waals surface area (Å²) in [7, 11) is 0. The van der Waals surface area contributed by atoms with Crippen LogP contribution in [0.3, 0.4) is 0 Å². The molecule has 3 saturated heterocycles. The minimum Gasteiger partial charge on any atom is -0.481 e. The number of carboxylic acid groups (broad SMARTS) is 2. The molecule has 0 spiro atoms. The molecule has 0 saturated carbocycles. The first-order valence-corrected chi connectivity index (χ1v) is 22.7. The van der Waals surface area contributed by atoms with Crippen molar-refractivity contribution in [3.8, 4) is 0 Å². The molecular formula is C41H46I2N10O17. The normalized spacial score (nSPS) is 14.9. The van der Waals surface area contributed by atoms with Gasteiger partial charge in [0.15, 0.2) is 17.7 Å². The number of ketones is 1. The average molecular weight is 1200 g/mol. The van der Waals surface area contributed by atoms with Crippen LogP contribution >= 0.6 is 45.2 Å². The number of carbonyl (C=O) groups is 12. The molecule has 0 aromatic heterocycles. The molecule has 6 amide bonds. The standard InChI is InChI=1S/C19H21IN4O7.C16H11IN2O8.C6H14N4O2/c20-13-7-11(14(25)9-10(17(28)29)2-1-5-23-19(21)22)6-12(8-13)18(30)31-24-15(26)3-4-16(24)27;17-10-6-8(15(24)26-18-11(20)1-2-12(18)21)5-9(7-10)16(25)27-19-13(22)3-4-14(19)23;7-4(5(11)12)2-1-3-10-6(8)9/h6-8,10H,1-5,9H2,(H,28,29)(H4,21,22,23);5-7H,1-4H2;4H,1-3,7H2,(H,11,12)(H4,8,9,10)/t10-;;4-/m1.0/s1. The number of carbonyl (C=O) groups excluding carboxylic acids is 10. The van der Waals surface area contributed by atoms with Crippen molar-refractivity contribution >= 4 is 128 Å². The Labute approximate surface area is 423 Å². The van der Waals surface area contributed by atoms with Gasteiger partial charge in [-0.2, -0.15) is 0 Å². The van der Waals surface area contributed by atoms with Gasteiger partial charge in [0.2, 0.25) is 0 Å². The zero-order valence-corrected chi connectivity index (χ0v) is 41.0. The third-order valence-corrected chi connectivity index (χ3v) is 10.7. The van der Waals surface area contributed by atoms with Crippen molar-refractivity contribution < 1.29 is 82.3 Å². The number of nitrogens with two attached hydrogens (primary N) is 5. The lowest BCUT2D eigenvalue weighted by Gasteiger charge is -2.14. The van der Waals surface area contributed by atoms with Gasteiger partial charge in [-0.05, 0) is 107 Å². The molecule has 0 bridgehead atoms. The lowest BCUT2D eigenvalue weighted by atomic mass is 9.93. The Kier molecular flexibility index (Phi) is 22.2. The molecule has 2 atom stereocenters. The number of Topliss-reactive ketones (excluding diaryl/α,β-unsaturated/α-hetero) is 1. The van der Waals surface area contributed by atoms with E-state index in [9.17, 15) is 62.6 Å². The van der Waals surface area contributed by atoms with Crippen LogP contribution in [-0.2, 0) is 52.9 Å². The number of halogens is 2. The van der Waals surface area contributed by atoms with Crippen LogP contribution < -0.4 is 28.7 Å². The van der Waals surface area contributed by atoms with E-state index in [1.54, 1.807) is 0 Å². The van der Waals surface area contributed by atoms with Crippen LogP contribution in [0.2, 0.25) is 0 Å². The fourth-order valence-electron chi connectivity index (χ4n) is 5.92. The number of aliphatic carboxylic acids is 2. The smallest absolute Gasteiger partial charge is 0.363 e. The maximum absolute atomic E-state index is 12.7. The molecule has 2 aromatic carbocycles. The monoisotopic (exact) mass is 1200 g/mol. The Hall–Kier alpha value is -7.16. The first-order valence-electron chi connectivity index (χ1n) is 20.6. The molecule has 0 aliphatic carbocycles. The molecule has 5 rings (SSSR count). The van der Waals surface area contributed by atoms with E-state index in [0.29, 0.717) is 48.1 Å². The molecule has 3 fully saturated rings. The Bertz CT molecular complexity index is 2380. The number of imide groups is 3. The minimum absolute atomic E-state index is 0.0129. The molecule has 12 N–H and O–H groups in total. The van der Waals surface area contributed by atoms with E-state index >= 15 is 0 Å². The third-order valence-electron chi connectivity index (χ3n) is 9.44. The summed E-state index contributed by atoms with van der Waals surface area (Å²) in [6.07, 6.45) is 0.972. The quantitative estimate of drug-likeness (QED) is 0.0243. The van der Waals surface area contributed by atoms with Gasteiger partial charge < -0.3 is 53.4 Å². The summed E-state index contributed by atoms with van der Waals surface area (Å²) >= 11 is 3.72. The van der Waals surface area contributed by atoms with Gasteiger partial charge in [-0.15, -0.1) is 15.2 Å². The number of hydrogen-bond acceptors (Lipinski definition) is 18. The molecule has 3 heterocycles. The summed E-state index contributed by atoms with van der Waals surface area (Å²) in [5, 5.41) is 19.0. The summed E-state index contributed by atoms with van der Waals surface area (Å²) in [4.78, 5) is 163. The summed E-state index contributed by atoms with van der Waals surface area (Å²) in [6.45, 7) is 0.663. The van der Waals surface area contributed by atoms with E-state index < -0.39 is 83.0 Å². The van der Waals surface area contributed by atoms with Crippen molar-refractivity contribution in [2.45, 2.75) is 76.7 Å². The number of amides is 6. The summed E-state index contributed by atoms with van der Waals surface area (Å²) in [5.74, 6) is -10.4. The average Bonchev–Trinajstić information content (AvgIpc) is 3.91. The van der Waals surface area contributed by atoms with E-state index in [4.69, 9.17) is 48.3 Å². The van der Waals surface area contributed by atoms with Crippen molar-refractivity contribution in [1.29, 1.82) is 0 Å². The third kappa shape index (κ3) is 18.1. The van der Waals surface area contributed by atoms with Gasteiger partial charge >= 0.3 is 29.8 Å². The molecule has 3 aliphatic rings. The van der Waals surface area contributed by atoms with Crippen LogP contribution in [0, 0.1) is 13.1 Å². The molecule has 376 valence electrons. The minimum atomic E-state index is -1.13. The maximum atomic E-state index is 12.7. The number of hydroxylamine groups is 6. The van der Waals surface area contributed by atoms with Gasteiger partial charge in [-0.25, -0.2) is 14.4 Å². The van der Waals surface area contributed by atoms with Crippen LogP contribution in [0.4, 0.5) is 0 Å². The molecule has 3 aliphatic heterocycles. The van der Waals surface area contributed by atoms with Crippen molar-refractivity contribution in [3.63, 3.8) is 0 Å². The van der Waals surface area contributed by atoms with Crippen molar-refractivity contribution in [3.05, 3.63) is 65.8 Å². The lowest BCUT2D eigenvalue weighted by molar-refractivity contribution is -0.173. The number of rotatable bonds is 19. The number of benzene rings is 2. The number of nitrogens with zero attached hydrogens (tertiary/aromatic N) is 5. The van der Waals surface area contributed by atoms with E-state index in [1.807, 2.05) is 45.2 Å². The topological polar surface area (TPSA) is 438 Å². The van der Waals surface area contributed by atoms with Crippen LogP contribution in [0.5, 0.6) is 0 Å². The summed E-state index contributed by atoms with van der Waals surface area (Å²) in [5.41, 5.74) is 25.6. The van der Waals surface area contributed by atoms with E-state index in [2.05, 4.69) is 9.98 Å². The molecule has 0 unspecified atom stereocenters. The van der Waals surface area contributed by atoms with E-state index in [-0.39, 0.29) is 92.1 Å². The predicted octanol–water partition coefficient (Wildman–Crippen LogP) is 0.0239. The van der Waals surface area contributed by atoms with Crippen LogP contribution in [0.25, 0.3) is 0 Å². The second-order valence-electron chi connectivity index (χ2n) is 14.8. The second-order valence-corrected chi connectivity index (χ2v) is 17.3. The molecule has 0 radical (unpaired) electrons. The largest absolute Gasteiger partial charge is 0.481 e. The van der Waals surface area contributed by atoms with Crippen LogP contribution in [0.15, 0.2) is 46.4 Å².